The predicted molar refractivity (Wildman–Crippen MR) is 108 cm³/mol. The van der Waals surface area contributed by atoms with Gasteiger partial charge in [-0.15, -0.1) is 0 Å². The summed E-state index contributed by atoms with van der Waals surface area (Å²) in [6.07, 6.45) is 1.00. The minimum atomic E-state index is 0.0423. The Labute approximate surface area is 159 Å². The third-order valence-corrected chi connectivity index (χ3v) is 4.82. The van der Waals surface area contributed by atoms with Crippen LogP contribution in [0.4, 0.5) is 23.0 Å². The molecule has 0 aliphatic carbocycles. The van der Waals surface area contributed by atoms with Gasteiger partial charge in [0.05, 0.1) is 0 Å². The molecule has 1 aliphatic rings. The summed E-state index contributed by atoms with van der Waals surface area (Å²) in [6.45, 7) is 5.67. The van der Waals surface area contributed by atoms with Crippen LogP contribution in [0.1, 0.15) is 35.6 Å². The summed E-state index contributed by atoms with van der Waals surface area (Å²) in [5, 5.41) is 3.31. The number of aromatic nitrogens is 2. The van der Waals surface area contributed by atoms with Crippen molar-refractivity contribution in [3.63, 3.8) is 0 Å². The maximum atomic E-state index is 11.6. The molecule has 5 nitrogen and oxygen atoms in total. The van der Waals surface area contributed by atoms with E-state index in [-0.39, 0.29) is 5.78 Å². The van der Waals surface area contributed by atoms with Gasteiger partial charge in [0, 0.05) is 29.0 Å². The van der Waals surface area contributed by atoms with E-state index in [1.165, 1.54) is 11.3 Å². The number of Topliss-reactive ketones (excluding diaryl/α,β-unsaturated/α-hetero) is 1. The van der Waals surface area contributed by atoms with Gasteiger partial charge in [0.15, 0.2) is 5.78 Å². The fourth-order valence-corrected chi connectivity index (χ4v) is 3.62. The Kier molecular flexibility index (Phi) is 4.36. The lowest BCUT2D eigenvalue weighted by atomic mass is 10.1. The summed E-state index contributed by atoms with van der Waals surface area (Å²) < 4.78 is 0. The first-order valence-electron chi connectivity index (χ1n) is 9.12. The number of hydrogen-bond donors (Lipinski definition) is 1. The topological polar surface area (TPSA) is 58.1 Å². The second-order valence-electron chi connectivity index (χ2n) is 6.97. The summed E-state index contributed by atoms with van der Waals surface area (Å²) in [6, 6.07) is 18.2. The monoisotopic (exact) mass is 358 g/mol. The number of fused-ring (bicyclic) bond motifs is 1. The van der Waals surface area contributed by atoms with Crippen molar-refractivity contribution in [2.75, 3.05) is 10.2 Å². The zero-order valence-corrected chi connectivity index (χ0v) is 15.7. The van der Waals surface area contributed by atoms with E-state index in [1.54, 1.807) is 6.92 Å². The second-order valence-corrected chi connectivity index (χ2v) is 6.97. The Morgan fingerprint density at radius 3 is 2.74 bits per heavy atom. The molecule has 3 aromatic rings. The number of para-hydroxylation sites is 1. The van der Waals surface area contributed by atoms with Crippen LogP contribution in [-0.2, 0) is 6.42 Å². The third kappa shape index (κ3) is 3.40. The molecule has 1 N–H and O–H groups in total. The molecule has 2 heterocycles. The molecule has 1 aromatic heterocycles. The lowest BCUT2D eigenvalue weighted by Gasteiger charge is -2.24. The van der Waals surface area contributed by atoms with Crippen LogP contribution >= 0.6 is 0 Å². The number of nitrogens with zero attached hydrogens (tertiary/aromatic N) is 3. The number of anilines is 4. The van der Waals surface area contributed by atoms with E-state index in [9.17, 15) is 4.79 Å². The molecule has 0 saturated heterocycles. The normalized spacial score (nSPS) is 15.5. The van der Waals surface area contributed by atoms with Crippen LogP contribution in [0.3, 0.4) is 0 Å². The van der Waals surface area contributed by atoms with Gasteiger partial charge >= 0.3 is 0 Å². The average molecular weight is 358 g/mol. The molecular formula is C22H22N4O. The number of nitrogens with one attached hydrogen (secondary N) is 1. The maximum absolute atomic E-state index is 11.6. The Morgan fingerprint density at radius 2 is 1.93 bits per heavy atom. The molecule has 5 heteroatoms. The van der Waals surface area contributed by atoms with E-state index >= 15 is 0 Å². The zero-order valence-electron chi connectivity index (χ0n) is 15.7. The molecule has 136 valence electrons. The van der Waals surface area contributed by atoms with Crippen LogP contribution in [0.15, 0.2) is 54.6 Å². The number of aryl methyl sites for hydroxylation is 1. The molecule has 0 saturated carbocycles. The first kappa shape index (κ1) is 17.2. The van der Waals surface area contributed by atoms with E-state index in [0.717, 1.165) is 23.7 Å². The average Bonchev–Trinajstić information content (AvgIpc) is 2.97. The summed E-state index contributed by atoms with van der Waals surface area (Å²) in [4.78, 5) is 23.1. The van der Waals surface area contributed by atoms with Crippen molar-refractivity contribution in [1.82, 2.24) is 9.97 Å². The fourth-order valence-electron chi connectivity index (χ4n) is 3.62. The van der Waals surface area contributed by atoms with Crippen molar-refractivity contribution in [3.8, 4) is 0 Å². The number of carbonyl (C=O) groups excluding carboxylic acids is 1. The van der Waals surface area contributed by atoms with Crippen molar-refractivity contribution in [2.24, 2.45) is 0 Å². The minimum absolute atomic E-state index is 0.0423. The van der Waals surface area contributed by atoms with Crippen LogP contribution < -0.4 is 10.2 Å². The largest absolute Gasteiger partial charge is 0.340 e. The molecule has 0 amide bonds. The highest BCUT2D eigenvalue weighted by Crippen LogP contribution is 2.37. The summed E-state index contributed by atoms with van der Waals surface area (Å²) in [5.74, 6) is 2.34. The van der Waals surface area contributed by atoms with Gasteiger partial charge in [-0.05, 0) is 51.0 Å². The molecule has 0 fully saturated rings. The number of ketones is 1. The Hall–Kier alpha value is -3.21. The molecular weight excluding hydrogens is 336 g/mol. The van der Waals surface area contributed by atoms with Crippen LogP contribution in [-0.4, -0.2) is 21.8 Å². The van der Waals surface area contributed by atoms with E-state index in [1.807, 2.05) is 37.3 Å². The molecule has 0 spiro atoms. The first-order valence-corrected chi connectivity index (χ1v) is 9.12. The third-order valence-electron chi connectivity index (χ3n) is 4.82. The summed E-state index contributed by atoms with van der Waals surface area (Å²) >= 11 is 0. The number of rotatable bonds is 4. The van der Waals surface area contributed by atoms with Gasteiger partial charge in [-0.3, -0.25) is 4.79 Å². The van der Waals surface area contributed by atoms with Crippen molar-refractivity contribution in [3.05, 3.63) is 71.5 Å². The van der Waals surface area contributed by atoms with Crippen LogP contribution in [0.5, 0.6) is 0 Å². The molecule has 1 atom stereocenters. The van der Waals surface area contributed by atoms with Crippen LogP contribution in [0.25, 0.3) is 0 Å². The SMILES string of the molecule is CC(=O)c1cccc(Nc2cc(N3c4ccccc4CC3C)nc(C)n2)c1. The quantitative estimate of drug-likeness (QED) is 0.678. The predicted octanol–water partition coefficient (Wildman–Crippen LogP) is 4.81. The lowest BCUT2D eigenvalue weighted by Crippen LogP contribution is -2.25. The van der Waals surface area contributed by atoms with Crippen LogP contribution in [0, 0.1) is 6.92 Å². The molecule has 27 heavy (non-hydrogen) atoms. The Morgan fingerprint density at radius 1 is 1.11 bits per heavy atom. The Bertz CT molecular complexity index is 1010. The molecule has 1 unspecified atom stereocenters. The lowest BCUT2D eigenvalue weighted by molar-refractivity contribution is 0.101. The summed E-state index contributed by atoms with van der Waals surface area (Å²) in [5.41, 5.74) is 4.05. The van der Waals surface area contributed by atoms with E-state index in [0.29, 0.717) is 17.4 Å². The van der Waals surface area contributed by atoms with E-state index in [4.69, 9.17) is 0 Å². The highest BCUT2D eigenvalue weighted by atomic mass is 16.1. The number of carbonyl (C=O) groups is 1. The highest BCUT2D eigenvalue weighted by Gasteiger charge is 2.28. The van der Waals surface area contributed by atoms with Gasteiger partial charge in [-0.25, -0.2) is 9.97 Å². The van der Waals surface area contributed by atoms with E-state index in [2.05, 4.69) is 51.4 Å². The molecule has 0 bridgehead atoms. The van der Waals surface area contributed by atoms with Gasteiger partial charge in [0.1, 0.15) is 17.5 Å². The highest BCUT2D eigenvalue weighted by molar-refractivity contribution is 5.95. The second kappa shape index (κ2) is 6.83. The zero-order chi connectivity index (χ0) is 19.0. The van der Waals surface area contributed by atoms with Crippen molar-refractivity contribution < 1.29 is 4.79 Å². The minimum Gasteiger partial charge on any atom is -0.340 e. The van der Waals surface area contributed by atoms with E-state index < -0.39 is 0 Å². The van der Waals surface area contributed by atoms with Gasteiger partial charge in [-0.1, -0.05) is 30.3 Å². The van der Waals surface area contributed by atoms with Gasteiger partial charge in [0.2, 0.25) is 0 Å². The standard InChI is InChI=1S/C22H22N4O/c1-14-11-18-7-4-5-10-20(18)26(14)22-13-21(23-16(3)24-22)25-19-9-6-8-17(12-19)15(2)27/h4-10,12-14H,11H2,1-3H3,(H,23,24,25). The number of hydrogen-bond acceptors (Lipinski definition) is 5. The fraction of sp³-hybridized carbons (Fsp3) is 0.227. The summed E-state index contributed by atoms with van der Waals surface area (Å²) in [7, 11) is 0. The van der Waals surface area contributed by atoms with Gasteiger partial charge < -0.3 is 10.2 Å². The maximum Gasteiger partial charge on any atom is 0.159 e. The molecule has 0 radical (unpaired) electrons. The van der Waals surface area contributed by atoms with Gasteiger partial charge in [0.25, 0.3) is 0 Å². The molecule has 2 aromatic carbocycles. The first-order chi connectivity index (χ1) is 13.0. The van der Waals surface area contributed by atoms with Crippen molar-refractivity contribution in [1.29, 1.82) is 0 Å². The van der Waals surface area contributed by atoms with Crippen molar-refractivity contribution in [2.45, 2.75) is 33.2 Å². The Balaban J connectivity index is 1.69. The van der Waals surface area contributed by atoms with Crippen LogP contribution in [0.2, 0.25) is 0 Å². The van der Waals surface area contributed by atoms with Gasteiger partial charge in [-0.2, -0.15) is 0 Å². The van der Waals surface area contributed by atoms with Crippen molar-refractivity contribution >= 4 is 28.8 Å². The smallest absolute Gasteiger partial charge is 0.159 e. The number of benzene rings is 2. The molecule has 4 rings (SSSR count). The molecule has 1 aliphatic heterocycles.